The Morgan fingerprint density at radius 3 is 2.52 bits per heavy atom. The summed E-state index contributed by atoms with van der Waals surface area (Å²) in [6.07, 6.45) is 6.80. The van der Waals surface area contributed by atoms with Gasteiger partial charge in [0.25, 0.3) is 0 Å². The average Bonchev–Trinajstić information content (AvgIpc) is 3.21. The average molecular weight is 357 g/mol. The molecule has 0 amide bonds. The molecular weight excluding hydrogens is 330 g/mol. The Hall–Kier alpha value is -1.85. The van der Waals surface area contributed by atoms with Crippen molar-refractivity contribution in [2.75, 3.05) is 0 Å². The first-order valence-corrected chi connectivity index (χ1v) is 9.65. The number of quaternary nitrogens is 1. The molecule has 2 bridgehead atoms. The first kappa shape index (κ1) is 16.6. The van der Waals surface area contributed by atoms with Crippen LogP contribution >= 0.6 is 12.2 Å². The molecule has 4 atom stereocenters. The Balaban J connectivity index is 1.28. The number of hydrogen-bond acceptors (Lipinski definition) is 2. The van der Waals surface area contributed by atoms with Gasteiger partial charge in [0.2, 0.25) is 0 Å². The fraction of sp³-hybridized carbons (Fsp3) is 0.450. The lowest BCUT2D eigenvalue weighted by Gasteiger charge is -2.36. The van der Waals surface area contributed by atoms with Gasteiger partial charge in [-0.3, -0.25) is 0 Å². The fourth-order valence-electron chi connectivity index (χ4n) is 4.48. The molecule has 3 heterocycles. The quantitative estimate of drug-likeness (QED) is 0.717. The standard InChI is InChI=1S/C20H25N3OS/c25-20(21-13-19-7-4-10-24-19)22-16-11-17-8-9-18(12-16)23(17)14-15-5-2-1-3-6-15/h1-7,10,16-18H,8-9,11-14H2,(H2,21,22,25)/p+1/t16?,17-,18+. The lowest BCUT2D eigenvalue weighted by molar-refractivity contribution is -0.954. The first-order valence-electron chi connectivity index (χ1n) is 9.24. The fourth-order valence-corrected chi connectivity index (χ4v) is 4.72. The lowest BCUT2D eigenvalue weighted by Crippen LogP contribution is -3.17. The Morgan fingerprint density at radius 1 is 1.08 bits per heavy atom. The minimum Gasteiger partial charge on any atom is -0.467 e. The highest BCUT2D eigenvalue weighted by molar-refractivity contribution is 7.80. The predicted molar refractivity (Wildman–Crippen MR) is 102 cm³/mol. The Morgan fingerprint density at radius 2 is 1.84 bits per heavy atom. The van der Waals surface area contributed by atoms with Crippen molar-refractivity contribution in [1.82, 2.24) is 10.6 Å². The number of benzene rings is 1. The van der Waals surface area contributed by atoms with Gasteiger partial charge < -0.3 is 20.0 Å². The molecule has 4 nitrogen and oxygen atoms in total. The molecule has 0 spiro atoms. The minimum atomic E-state index is 0.494. The van der Waals surface area contributed by atoms with Gasteiger partial charge in [-0.05, 0) is 24.4 Å². The van der Waals surface area contributed by atoms with E-state index in [2.05, 4.69) is 41.0 Å². The molecular formula is C20H26N3OS+. The number of piperidine rings is 1. The second-order valence-electron chi connectivity index (χ2n) is 7.28. The van der Waals surface area contributed by atoms with Gasteiger partial charge in [0.1, 0.15) is 12.3 Å². The normalized spacial score (nSPS) is 27.8. The molecule has 25 heavy (non-hydrogen) atoms. The third-order valence-corrected chi connectivity index (χ3v) is 5.90. The molecule has 2 fully saturated rings. The molecule has 2 aliphatic rings. The molecule has 2 unspecified atom stereocenters. The summed E-state index contributed by atoms with van der Waals surface area (Å²) >= 11 is 5.47. The first-order chi connectivity index (χ1) is 12.3. The molecule has 0 saturated carbocycles. The number of furan rings is 1. The Kier molecular flexibility index (Phi) is 5.04. The molecule has 2 aromatic rings. The highest BCUT2D eigenvalue weighted by atomic mass is 32.1. The van der Waals surface area contributed by atoms with Gasteiger partial charge in [0.05, 0.1) is 24.9 Å². The van der Waals surface area contributed by atoms with E-state index in [4.69, 9.17) is 16.6 Å². The van der Waals surface area contributed by atoms with Crippen LogP contribution in [0.5, 0.6) is 0 Å². The van der Waals surface area contributed by atoms with Crippen LogP contribution in [0.15, 0.2) is 53.1 Å². The summed E-state index contributed by atoms with van der Waals surface area (Å²) in [4.78, 5) is 1.78. The van der Waals surface area contributed by atoms with Crippen molar-refractivity contribution in [3.8, 4) is 0 Å². The summed E-state index contributed by atoms with van der Waals surface area (Å²) in [5.41, 5.74) is 1.46. The monoisotopic (exact) mass is 356 g/mol. The van der Waals surface area contributed by atoms with Gasteiger partial charge in [-0.1, -0.05) is 30.3 Å². The maximum Gasteiger partial charge on any atom is 0.166 e. The van der Waals surface area contributed by atoms with Gasteiger partial charge >= 0.3 is 0 Å². The number of hydrogen-bond donors (Lipinski definition) is 3. The van der Waals surface area contributed by atoms with Crippen LogP contribution in [0, 0.1) is 0 Å². The molecule has 2 aliphatic heterocycles. The maximum absolute atomic E-state index is 5.47. The van der Waals surface area contributed by atoms with E-state index in [1.54, 1.807) is 11.2 Å². The topological polar surface area (TPSA) is 41.6 Å². The van der Waals surface area contributed by atoms with Gasteiger partial charge in [0, 0.05) is 37.3 Å². The van der Waals surface area contributed by atoms with E-state index in [1.807, 2.05) is 12.1 Å². The second-order valence-corrected chi connectivity index (χ2v) is 7.69. The lowest BCUT2D eigenvalue weighted by atomic mass is 9.96. The predicted octanol–water partition coefficient (Wildman–Crippen LogP) is 2.02. The molecule has 0 radical (unpaired) electrons. The van der Waals surface area contributed by atoms with E-state index in [0.717, 1.165) is 29.5 Å². The summed E-state index contributed by atoms with van der Waals surface area (Å²) in [6, 6.07) is 16.8. The third-order valence-electron chi connectivity index (χ3n) is 5.64. The Labute approximate surface area is 154 Å². The summed E-state index contributed by atoms with van der Waals surface area (Å²) in [6.45, 7) is 1.80. The van der Waals surface area contributed by atoms with Gasteiger partial charge in [-0.25, -0.2) is 0 Å². The zero-order valence-corrected chi connectivity index (χ0v) is 15.2. The van der Waals surface area contributed by atoms with Crippen molar-refractivity contribution in [1.29, 1.82) is 0 Å². The molecule has 132 valence electrons. The van der Waals surface area contributed by atoms with Crippen LogP contribution in [0.2, 0.25) is 0 Å². The molecule has 2 saturated heterocycles. The van der Waals surface area contributed by atoms with Crippen molar-refractivity contribution < 1.29 is 9.32 Å². The molecule has 1 aromatic heterocycles. The van der Waals surface area contributed by atoms with Crippen molar-refractivity contribution in [3.63, 3.8) is 0 Å². The number of nitrogens with one attached hydrogen (secondary N) is 3. The number of rotatable bonds is 5. The zero-order chi connectivity index (χ0) is 17.1. The summed E-state index contributed by atoms with van der Waals surface area (Å²) in [7, 11) is 0. The van der Waals surface area contributed by atoms with Crippen LogP contribution in [0.25, 0.3) is 0 Å². The van der Waals surface area contributed by atoms with Crippen molar-refractivity contribution in [3.05, 3.63) is 60.1 Å². The SMILES string of the molecule is S=C(NCc1ccco1)NC1C[C@H]2CC[C@@H](C1)[NH+]2Cc1ccccc1. The van der Waals surface area contributed by atoms with Crippen molar-refractivity contribution in [2.45, 2.75) is 56.9 Å². The highest BCUT2D eigenvalue weighted by Crippen LogP contribution is 2.23. The van der Waals surface area contributed by atoms with Crippen molar-refractivity contribution in [2.24, 2.45) is 0 Å². The third kappa shape index (κ3) is 4.05. The van der Waals surface area contributed by atoms with E-state index < -0.39 is 0 Å². The van der Waals surface area contributed by atoms with Crippen LogP contribution in [-0.4, -0.2) is 23.2 Å². The van der Waals surface area contributed by atoms with Gasteiger partial charge in [0.15, 0.2) is 5.11 Å². The molecule has 4 rings (SSSR count). The van der Waals surface area contributed by atoms with Crippen LogP contribution in [0.4, 0.5) is 0 Å². The van der Waals surface area contributed by atoms with E-state index in [1.165, 1.54) is 31.2 Å². The smallest absolute Gasteiger partial charge is 0.166 e. The molecule has 3 N–H and O–H groups in total. The second kappa shape index (κ2) is 7.58. The zero-order valence-electron chi connectivity index (χ0n) is 14.4. The van der Waals surface area contributed by atoms with E-state index >= 15 is 0 Å². The number of thiocarbonyl (C=S) groups is 1. The molecule has 5 heteroatoms. The van der Waals surface area contributed by atoms with Crippen LogP contribution < -0.4 is 15.5 Å². The van der Waals surface area contributed by atoms with Gasteiger partial charge in [-0.15, -0.1) is 0 Å². The minimum absolute atomic E-state index is 0.494. The van der Waals surface area contributed by atoms with Crippen LogP contribution in [0.3, 0.4) is 0 Å². The number of fused-ring (bicyclic) bond motifs is 2. The van der Waals surface area contributed by atoms with E-state index in [9.17, 15) is 0 Å². The van der Waals surface area contributed by atoms with E-state index in [0.29, 0.717) is 12.6 Å². The summed E-state index contributed by atoms with van der Waals surface area (Å²) in [5, 5.41) is 7.53. The van der Waals surface area contributed by atoms with Crippen molar-refractivity contribution >= 4 is 17.3 Å². The highest BCUT2D eigenvalue weighted by Gasteiger charge is 2.44. The van der Waals surface area contributed by atoms with Crippen LogP contribution in [-0.2, 0) is 13.1 Å². The van der Waals surface area contributed by atoms with Crippen LogP contribution in [0.1, 0.15) is 37.0 Å². The maximum atomic E-state index is 5.47. The molecule has 0 aliphatic carbocycles. The van der Waals surface area contributed by atoms with Gasteiger partial charge in [-0.2, -0.15) is 0 Å². The van der Waals surface area contributed by atoms with E-state index in [-0.39, 0.29) is 0 Å². The molecule has 1 aromatic carbocycles. The summed E-state index contributed by atoms with van der Waals surface area (Å²) < 4.78 is 5.34. The largest absolute Gasteiger partial charge is 0.467 e. The summed E-state index contributed by atoms with van der Waals surface area (Å²) in [5.74, 6) is 0.909. The Bertz CT molecular complexity index is 674.